The van der Waals surface area contributed by atoms with Crippen molar-refractivity contribution in [2.45, 2.75) is 45.8 Å². The molecule has 5 nitrogen and oxygen atoms in total. The number of carbonyl (C=O) groups is 1. The topological polar surface area (TPSA) is 54.7 Å². The maximum atomic E-state index is 12.5. The molecule has 5 heteroatoms. The molecule has 1 aliphatic heterocycles. The van der Waals surface area contributed by atoms with Crippen LogP contribution in [-0.4, -0.2) is 42.6 Å². The zero-order valence-corrected chi connectivity index (χ0v) is 12.5. The number of carbonyl (C=O) groups excluding carboxylic acids is 1. The average Bonchev–Trinajstić information content (AvgIpc) is 2.82. The van der Waals surface area contributed by atoms with Gasteiger partial charge < -0.3 is 19.4 Å². The van der Waals surface area contributed by atoms with Gasteiger partial charge in [0.15, 0.2) is 0 Å². The van der Waals surface area contributed by atoms with Gasteiger partial charge in [-0.15, -0.1) is 0 Å². The molecule has 1 aromatic rings. The summed E-state index contributed by atoms with van der Waals surface area (Å²) in [5, 5.41) is 3.32. The van der Waals surface area contributed by atoms with Crippen LogP contribution in [0.15, 0.2) is 16.5 Å². The number of morpholine rings is 1. The summed E-state index contributed by atoms with van der Waals surface area (Å²) in [5.41, 5.74) is 0. The second-order valence-corrected chi connectivity index (χ2v) is 5.56. The molecule has 112 valence electrons. The Labute approximate surface area is 120 Å². The lowest BCUT2D eigenvalue weighted by Gasteiger charge is -2.29. The van der Waals surface area contributed by atoms with Gasteiger partial charge in [-0.25, -0.2) is 0 Å². The Morgan fingerprint density at radius 3 is 2.85 bits per heavy atom. The first kappa shape index (κ1) is 15.1. The number of hydrogen-bond acceptors (Lipinski definition) is 4. The van der Waals surface area contributed by atoms with Gasteiger partial charge in [-0.3, -0.25) is 4.79 Å². The molecular weight excluding hydrogens is 256 g/mol. The molecule has 1 atom stereocenters. The lowest BCUT2D eigenvalue weighted by atomic mass is 10.1. The van der Waals surface area contributed by atoms with Crippen LogP contribution in [0.5, 0.6) is 0 Å². The molecule has 20 heavy (non-hydrogen) atoms. The van der Waals surface area contributed by atoms with Crippen LogP contribution >= 0.6 is 0 Å². The number of nitrogens with one attached hydrogen (secondary N) is 1. The molecule has 1 saturated heterocycles. The zero-order valence-electron chi connectivity index (χ0n) is 12.5. The summed E-state index contributed by atoms with van der Waals surface area (Å²) in [4.78, 5) is 14.3. The molecule has 0 saturated carbocycles. The Hall–Kier alpha value is -1.33. The smallest absolute Gasteiger partial charge is 0.224 e. The van der Waals surface area contributed by atoms with Crippen LogP contribution in [0.2, 0.25) is 0 Å². The van der Waals surface area contributed by atoms with Gasteiger partial charge in [0.2, 0.25) is 5.91 Å². The quantitative estimate of drug-likeness (QED) is 0.892. The molecule has 0 aromatic carbocycles. The molecule has 0 radical (unpaired) electrons. The molecule has 1 aromatic heterocycles. The van der Waals surface area contributed by atoms with Gasteiger partial charge in [-0.1, -0.05) is 0 Å². The number of furan rings is 1. The predicted octanol–water partition coefficient (Wildman–Crippen LogP) is 1.70. The van der Waals surface area contributed by atoms with E-state index in [-0.39, 0.29) is 18.0 Å². The Balaban J connectivity index is 1.94. The number of amides is 1. The molecule has 1 N–H and O–H groups in total. The minimum Gasteiger partial charge on any atom is -0.464 e. The van der Waals surface area contributed by atoms with E-state index in [9.17, 15) is 4.79 Å². The summed E-state index contributed by atoms with van der Waals surface area (Å²) in [6, 6.07) is 4.13. The van der Waals surface area contributed by atoms with E-state index in [1.165, 1.54) is 0 Å². The van der Waals surface area contributed by atoms with Crippen LogP contribution in [0.3, 0.4) is 0 Å². The molecular formula is C15H24N2O3. The van der Waals surface area contributed by atoms with E-state index < -0.39 is 0 Å². The fourth-order valence-electron chi connectivity index (χ4n) is 2.38. The van der Waals surface area contributed by atoms with Crippen molar-refractivity contribution < 1.29 is 13.9 Å². The first-order valence-electron chi connectivity index (χ1n) is 7.22. The number of rotatable bonds is 5. The SMILES string of the molecule is Cc1ccc(CN(C(=O)CC2COCCN2)C(C)C)o1. The van der Waals surface area contributed by atoms with Gasteiger partial charge in [0, 0.05) is 25.0 Å². The van der Waals surface area contributed by atoms with Crippen molar-refractivity contribution in [3.63, 3.8) is 0 Å². The highest BCUT2D eigenvalue weighted by Gasteiger charge is 2.23. The van der Waals surface area contributed by atoms with E-state index in [1.54, 1.807) is 0 Å². The third-order valence-corrected chi connectivity index (χ3v) is 3.49. The van der Waals surface area contributed by atoms with Crippen molar-refractivity contribution in [3.8, 4) is 0 Å². The van der Waals surface area contributed by atoms with E-state index in [0.717, 1.165) is 24.7 Å². The van der Waals surface area contributed by atoms with Crippen LogP contribution in [0.25, 0.3) is 0 Å². The normalized spacial score (nSPS) is 19.3. The maximum Gasteiger partial charge on any atom is 0.224 e. The van der Waals surface area contributed by atoms with E-state index in [2.05, 4.69) is 5.32 Å². The molecule has 1 fully saturated rings. The van der Waals surface area contributed by atoms with Gasteiger partial charge in [0.1, 0.15) is 11.5 Å². The molecule has 0 bridgehead atoms. The standard InChI is InChI=1S/C15H24N2O3/c1-11(2)17(9-14-5-4-12(3)20-14)15(18)8-13-10-19-7-6-16-13/h4-5,11,13,16H,6-10H2,1-3H3. The van der Waals surface area contributed by atoms with Gasteiger partial charge >= 0.3 is 0 Å². The van der Waals surface area contributed by atoms with Crippen LogP contribution in [0.4, 0.5) is 0 Å². The third kappa shape index (κ3) is 4.08. The van der Waals surface area contributed by atoms with Gasteiger partial charge in [0.05, 0.1) is 19.8 Å². The zero-order chi connectivity index (χ0) is 14.5. The molecule has 2 rings (SSSR count). The van der Waals surface area contributed by atoms with Crippen molar-refractivity contribution in [1.82, 2.24) is 10.2 Å². The van der Waals surface area contributed by atoms with Crippen LogP contribution in [-0.2, 0) is 16.1 Å². The van der Waals surface area contributed by atoms with Gasteiger partial charge in [-0.05, 0) is 32.9 Å². The molecule has 1 amide bonds. The first-order chi connectivity index (χ1) is 9.56. The molecule has 0 aliphatic carbocycles. The number of hydrogen-bond donors (Lipinski definition) is 1. The number of ether oxygens (including phenoxy) is 1. The lowest BCUT2D eigenvalue weighted by Crippen LogP contribution is -2.46. The largest absolute Gasteiger partial charge is 0.464 e. The fraction of sp³-hybridized carbons (Fsp3) is 0.667. The Morgan fingerprint density at radius 1 is 1.50 bits per heavy atom. The highest BCUT2D eigenvalue weighted by Crippen LogP contribution is 2.14. The van der Waals surface area contributed by atoms with E-state index in [0.29, 0.717) is 19.6 Å². The minimum atomic E-state index is 0.121. The van der Waals surface area contributed by atoms with Crippen LogP contribution in [0, 0.1) is 6.92 Å². The lowest BCUT2D eigenvalue weighted by molar-refractivity contribution is -0.135. The molecule has 1 aliphatic rings. The molecule has 1 unspecified atom stereocenters. The summed E-state index contributed by atoms with van der Waals surface area (Å²) < 4.78 is 11.0. The average molecular weight is 280 g/mol. The summed E-state index contributed by atoms with van der Waals surface area (Å²) in [7, 11) is 0. The Bertz CT molecular complexity index is 436. The summed E-state index contributed by atoms with van der Waals surface area (Å²) >= 11 is 0. The van der Waals surface area contributed by atoms with Crippen molar-refractivity contribution in [1.29, 1.82) is 0 Å². The second kappa shape index (κ2) is 6.90. The van der Waals surface area contributed by atoms with Crippen LogP contribution < -0.4 is 5.32 Å². The van der Waals surface area contributed by atoms with Gasteiger partial charge in [-0.2, -0.15) is 0 Å². The first-order valence-corrected chi connectivity index (χ1v) is 7.22. The Kier molecular flexibility index (Phi) is 5.20. The maximum absolute atomic E-state index is 12.5. The van der Waals surface area contributed by atoms with Crippen molar-refractivity contribution in [2.75, 3.05) is 19.8 Å². The van der Waals surface area contributed by atoms with Gasteiger partial charge in [0.25, 0.3) is 0 Å². The second-order valence-electron chi connectivity index (χ2n) is 5.56. The summed E-state index contributed by atoms with van der Waals surface area (Å²) in [5.74, 6) is 1.84. The van der Waals surface area contributed by atoms with Crippen molar-refractivity contribution in [3.05, 3.63) is 23.7 Å². The third-order valence-electron chi connectivity index (χ3n) is 3.49. The highest BCUT2D eigenvalue weighted by atomic mass is 16.5. The minimum absolute atomic E-state index is 0.121. The molecule has 2 heterocycles. The molecule has 0 spiro atoms. The Morgan fingerprint density at radius 2 is 2.30 bits per heavy atom. The summed E-state index contributed by atoms with van der Waals surface area (Å²) in [6.07, 6.45) is 0.470. The van der Waals surface area contributed by atoms with E-state index in [4.69, 9.17) is 9.15 Å². The predicted molar refractivity (Wildman–Crippen MR) is 76.4 cm³/mol. The summed E-state index contributed by atoms with van der Waals surface area (Å²) in [6.45, 7) is 8.64. The van der Waals surface area contributed by atoms with E-state index in [1.807, 2.05) is 37.8 Å². The van der Waals surface area contributed by atoms with Crippen molar-refractivity contribution in [2.24, 2.45) is 0 Å². The van der Waals surface area contributed by atoms with Crippen LogP contribution in [0.1, 0.15) is 31.8 Å². The van der Waals surface area contributed by atoms with E-state index >= 15 is 0 Å². The van der Waals surface area contributed by atoms with Crippen molar-refractivity contribution >= 4 is 5.91 Å². The monoisotopic (exact) mass is 280 g/mol. The number of aryl methyl sites for hydroxylation is 1. The highest BCUT2D eigenvalue weighted by molar-refractivity contribution is 5.77. The number of nitrogens with zero attached hydrogens (tertiary/aromatic N) is 1. The fourth-order valence-corrected chi connectivity index (χ4v) is 2.38.